The zero-order valence-electron chi connectivity index (χ0n) is 9.25. The van der Waals surface area contributed by atoms with Crippen LogP contribution in [0.5, 0.6) is 0 Å². The molecule has 6 nitrogen and oxygen atoms in total. The first-order valence-electron chi connectivity index (χ1n) is 5.36. The lowest BCUT2D eigenvalue weighted by Crippen LogP contribution is -2.42. The molecule has 1 atom stereocenters. The number of aromatic amines is 1. The predicted octanol–water partition coefficient (Wildman–Crippen LogP) is 0.306. The number of amides is 2. The van der Waals surface area contributed by atoms with Crippen molar-refractivity contribution >= 4 is 6.03 Å². The van der Waals surface area contributed by atoms with Crippen molar-refractivity contribution in [1.82, 2.24) is 20.8 Å². The Hall–Kier alpha value is -1.56. The van der Waals surface area contributed by atoms with Gasteiger partial charge < -0.3 is 15.4 Å². The third kappa shape index (κ3) is 2.73. The largest absolute Gasteiger partial charge is 0.379 e. The van der Waals surface area contributed by atoms with E-state index in [1.54, 1.807) is 6.20 Å². The van der Waals surface area contributed by atoms with Crippen LogP contribution in [-0.4, -0.2) is 35.5 Å². The molecule has 0 radical (unpaired) electrons. The zero-order chi connectivity index (χ0) is 11.4. The minimum Gasteiger partial charge on any atom is -0.379 e. The van der Waals surface area contributed by atoms with E-state index in [0.717, 1.165) is 24.3 Å². The number of hydrogen-bond donors (Lipinski definition) is 3. The standard InChI is InChI=1S/C10H16N4O2/c1-7-8(5-12-14-7)4-11-10(15)13-9-2-3-16-6-9/h5,9H,2-4,6H2,1H3,(H,12,14)(H2,11,13,15). The Labute approximate surface area is 93.8 Å². The number of aromatic nitrogens is 2. The second-order valence-electron chi connectivity index (χ2n) is 3.91. The highest BCUT2D eigenvalue weighted by Gasteiger charge is 2.17. The Morgan fingerprint density at radius 3 is 3.25 bits per heavy atom. The Balaban J connectivity index is 1.73. The molecule has 1 saturated heterocycles. The van der Waals surface area contributed by atoms with Crippen molar-refractivity contribution < 1.29 is 9.53 Å². The summed E-state index contributed by atoms with van der Waals surface area (Å²) in [5.41, 5.74) is 1.97. The fraction of sp³-hybridized carbons (Fsp3) is 0.600. The van der Waals surface area contributed by atoms with Gasteiger partial charge in [0.05, 0.1) is 18.8 Å². The molecule has 1 aromatic rings. The van der Waals surface area contributed by atoms with Crippen LogP contribution in [0, 0.1) is 6.92 Å². The fourth-order valence-corrected chi connectivity index (χ4v) is 1.61. The average molecular weight is 224 g/mol. The summed E-state index contributed by atoms with van der Waals surface area (Å²) in [7, 11) is 0. The molecule has 2 heterocycles. The van der Waals surface area contributed by atoms with Crippen molar-refractivity contribution in [3.63, 3.8) is 0 Å². The Morgan fingerprint density at radius 1 is 1.75 bits per heavy atom. The predicted molar refractivity (Wildman–Crippen MR) is 57.9 cm³/mol. The number of carbonyl (C=O) groups is 1. The van der Waals surface area contributed by atoms with E-state index in [-0.39, 0.29) is 12.1 Å². The number of aryl methyl sites for hydroxylation is 1. The van der Waals surface area contributed by atoms with Crippen LogP contribution in [0.4, 0.5) is 4.79 Å². The number of H-pyrrole nitrogens is 1. The molecule has 0 aromatic carbocycles. The lowest BCUT2D eigenvalue weighted by molar-refractivity contribution is 0.188. The van der Waals surface area contributed by atoms with Crippen molar-refractivity contribution in [2.24, 2.45) is 0 Å². The molecule has 0 bridgehead atoms. The highest BCUT2D eigenvalue weighted by molar-refractivity contribution is 5.74. The molecule has 3 N–H and O–H groups in total. The molecule has 0 saturated carbocycles. The summed E-state index contributed by atoms with van der Waals surface area (Å²) in [5.74, 6) is 0. The van der Waals surface area contributed by atoms with Gasteiger partial charge in [-0.2, -0.15) is 5.10 Å². The quantitative estimate of drug-likeness (QED) is 0.691. The van der Waals surface area contributed by atoms with Crippen LogP contribution in [0.2, 0.25) is 0 Å². The van der Waals surface area contributed by atoms with Gasteiger partial charge in [-0.3, -0.25) is 5.10 Å². The summed E-state index contributed by atoms with van der Waals surface area (Å²) in [6.45, 7) is 3.75. The van der Waals surface area contributed by atoms with Crippen LogP contribution >= 0.6 is 0 Å². The van der Waals surface area contributed by atoms with Crippen molar-refractivity contribution in [3.05, 3.63) is 17.5 Å². The molecule has 16 heavy (non-hydrogen) atoms. The Bertz CT molecular complexity index is 357. The van der Waals surface area contributed by atoms with E-state index in [4.69, 9.17) is 4.74 Å². The fourth-order valence-electron chi connectivity index (χ4n) is 1.61. The minimum atomic E-state index is -0.156. The van der Waals surface area contributed by atoms with E-state index in [9.17, 15) is 4.79 Å². The zero-order valence-corrected chi connectivity index (χ0v) is 9.25. The molecule has 6 heteroatoms. The summed E-state index contributed by atoms with van der Waals surface area (Å²) >= 11 is 0. The molecule has 1 unspecified atom stereocenters. The second-order valence-corrected chi connectivity index (χ2v) is 3.91. The summed E-state index contributed by atoms with van der Waals surface area (Å²) in [4.78, 5) is 11.5. The molecule has 1 aliphatic heterocycles. The highest BCUT2D eigenvalue weighted by atomic mass is 16.5. The third-order valence-corrected chi connectivity index (χ3v) is 2.64. The summed E-state index contributed by atoms with van der Waals surface area (Å²) < 4.78 is 5.17. The van der Waals surface area contributed by atoms with Crippen molar-refractivity contribution in [1.29, 1.82) is 0 Å². The number of hydrogen-bond acceptors (Lipinski definition) is 3. The molecule has 1 aromatic heterocycles. The van der Waals surface area contributed by atoms with Crippen LogP contribution in [0.15, 0.2) is 6.20 Å². The van der Waals surface area contributed by atoms with Crippen LogP contribution in [-0.2, 0) is 11.3 Å². The van der Waals surface area contributed by atoms with E-state index in [2.05, 4.69) is 20.8 Å². The van der Waals surface area contributed by atoms with Gasteiger partial charge in [-0.1, -0.05) is 0 Å². The maximum absolute atomic E-state index is 11.5. The molecule has 2 rings (SSSR count). The number of rotatable bonds is 3. The van der Waals surface area contributed by atoms with Gasteiger partial charge in [0.15, 0.2) is 0 Å². The number of urea groups is 1. The highest BCUT2D eigenvalue weighted by Crippen LogP contribution is 2.03. The minimum absolute atomic E-state index is 0.144. The van der Waals surface area contributed by atoms with Crippen LogP contribution < -0.4 is 10.6 Å². The maximum Gasteiger partial charge on any atom is 0.315 e. The van der Waals surface area contributed by atoms with Gasteiger partial charge in [0.25, 0.3) is 0 Å². The van der Waals surface area contributed by atoms with Crippen LogP contribution in [0.1, 0.15) is 17.7 Å². The molecule has 1 aliphatic rings. The molecular formula is C10H16N4O2. The molecule has 88 valence electrons. The lowest BCUT2D eigenvalue weighted by atomic mass is 10.2. The van der Waals surface area contributed by atoms with E-state index >= 15 is 0 Å². The molecule has 2 amide bonds. The third-order valence-electron chi connectivity index (χ3n) is 2.64. The van der Waals surface area contributed by atoms with Crippen LogP contribution in [0.25, 0.3) is 0 Å². The molecular weight excluding hydrogens is 208 g/mol. The molecule has 0 spiro atoms. The number of nitrogens with one attached hydrogen (secondary N) is 3. The topological polar surface area (TPSA) is 79.0 Å². The van der Waals surface area contributed by atoms with Gasteiger partial charge in [-0.15, -0.1) is 0 Å². The van der Waals surface area contributed by atoms with E-state index in [0.29, 0.717) is 13.2 Å². The Kier molecular flexibility index (Phi) is 3.40. The SMILES string of the molecule is Cc1[nH]ncc1CNC(=O)NC1CCOC1. The van der Waals surface area contributed by atoms with E-state index < -0.39 is 0 Å². The molecule has 1 fully saturated rings. The van der Waals surface area contributed by atoms with Crippen molar-refractivity contribution in [2.75, 3.05) is 13.2 Å². The monoisotopic (exact) mass is 224 g/mol. The summed E-state index contributed by atoms with van der Waals surface area (Å²) in [5, 5.41) is 12.4. The van der Waals surface area contributed by atoms with E-state index in [1.807, 2.05) is 6.92 Å². The number of nitrogens with zero attached hydrogens (tertiary/aromatic N) is 1. The lowest BCUT2D eigenvalue weighted by Gasteiger charge is -2.11. The summed E-state index contributed by atoms with van der Waals surface area (Å²) in [6, 6.07) is -0.0125. The van der Waals surface area contributed by atoms with Gasteiger partial charge >= 0.3 is 6.03 Å². The molecule has 0 aliphatic carbocycles. The summed E-state index contributed by atoms with van der Waals surface area (Å²) in [6.07, 6.45) is 2.60. The van der Waals surface area contributed by atoms with Gasteiger partial charge in [0, 0.05) is 24.4 Å². The average Bonchev–Trinajstić information content (AvgIpc) is 2.87. The van der Waals surface area contributed by atoms with Crippen molar-refractivity contribution in [3.8, 4) is 0 Å². The van der Waals surface area contributed by atoms with Gasteiger partial charge in [-0.05, 0) is 13.3 Å². The first-order chi connectivity index (χ1) is 7.75. The van der Waals surface area contributed by atoms with Gasteiger partial charge in [0.1, 0.15) is 0 Å². The maximum atomic E-state index is 11.5. The number of carbonyl (C=O) groups excluding carboxylic acids is 1. The normalized spacial score (nSPS) is 19.7. The van der Waals surface area contributed by atoms with Crippen LogP contribution in [0.3, 0.4) is 0 Å². The first-order valence-corrected chi connectivity index (χ1v) is 5.36. The van der Waals surface area contributed by atoms with Crippen molar-refractivity contribution in [2.45, 2.75) is 25.9 Å². The van der Waals surface area contributed by atoms with Gasteiger partial charge in [-0.25, -0.2) is 4.79 Å². The second kappa shape index (κ2) is 4.98. The number of ether oxygens (including phenoxy) is 1. The van der Waals surface area contributed by atoms with Gasteiger partial charge in [0.2, 0.25) is 0 Å². The van der Waals surface area contributed by atoms with E-state index in [1.165, 1.54) is 0 Å². The Morgan fingerprint density at radius 2 is 2.62 bits per heavy atom. The first kappa shape index (κ1) is 10.9. The smallest absolute Gasteiger partial charge is 0.315 e.